The third-order valence-electron chi connectivity index (χ3n) is 4.50. The van der Waals surface area contributed by atoms with Crippen LogP contribution in [0.25, 0.3) is 0 Å². The molecule has 1 aromatic heterocycles. The number of carbonyl (C=O) groups is 2. The van der Waals surface area contributed by atoms with Crippen LogP contribution in [0.1, 0.15) is 46.1 Å². The van der Waals surface area contributed by atoms with E-state index in [4.69, 9.17) is 13.9 Å². The van der Waals surface area contributed by atoms with Crippen LogP contribution in [0.4, 0.5) is 11.4 Å². The van der Waals surface area contributed by atoms with Crippen molar-refractivity contribution in [3.8, 4) is 11.5 Å². The summed E-state index contributed by atoms with van der Waals surface area (Å²) in [6.07, 6.45) is 0. The maximum Gasteiger partial charge on any atom is 0.259 e. The molecule has 0 aliphatic rings. The zero-order chi connectivity index (χ0) is 22.4. The van der Waals surface area contributed by atoms with Crippen LogP contribution < -0.4 is 20.1 Å². The molecule has 0 radical (unpaired) electrons. The van der Waals surface area contributed by atoms with Gasteiger partial charge in [-0.25, -0.2) is 0 Å². The summed E-state index contributed by atoms with van der Waals surface area (Å²) in [5.41, 5.74) is 1.85. The van der Waals surface area contributed by atoms with E-state index in [-0.39, 0.29) is 11.8 Å². The summed E-state index contributed by atoms with van der Waals surface area (Å²) in [5, 5.41) is 5.72. The van der Waals surface area contributed by atoms with Gasteiger partial charge in [0, 0.05) is 17.7 Å². The lowest BCUT2D eigenvalue weighted by molar-refractivity contribution is 0.101. The van der Waals surface area contributed by atoms with Crippen LogP contribution in [-0.2, 0) is 0 Å². The molecular weight excluding hydrogens is 396 g/mol. The van der Waals surface area contributed by atoms with Crippen molar-refractivity contribution < 1.29 is 23.5 Å². The summed E-state index contributed by atoms with van der Waals surface area (Å²) < 4.78 is 16.9. The molecule has 0 atom stereocenters. The van der Waals surface area contributed by atoms with Gasteiger partial charge in [-0.1, -0.05) is 18.2 Å². The summed E-state index contributed by atoms with van der Waals surface area (Å²) in [4.78, 5) is 25.4. The van der Waals surface area contributed by atoms with Crippen LogP contribution in [0, 0.1) is 13.8 Å². The van der Waals surface area contributed by atoms with Crippen molar-refractivity contribution >= 4 is 23.2 Å². The van der Waals surface area contributed by atoms with E-state index in [1.165, 1.54) is 0 Å². The molecule has 0 saturated heterocycles. The SMILES string of the molecule is CCOc1cc(NC(=O)c2cc(C)oc2C)c(OCC)cc1NC(=O)c1ccccc1. The second-order valence-electron chi connectivity index (χ2n) is 6.81. The number of ether oxygens (including phenoxy) is 2. The van der Waals surface area contributed by atoms with E-state index >= 15 is 0 Å². The van der Waals surface area contributed by atoms with Gasteiger partial charge in [-0.15, -0.1) is 0 Å². The zero-order valence-electron chi connectivity index (χ0n) is 18.1. The maximum absolute atomic E-state index is 12.8. The second kappa shape index (κ2) is 9.84. The highest BCUT2D eigenvalue weighted by molar-refractivity contribution is 6.07. The third-order valence-corrected chi connectivity index (χ3v) is 4.50. The third kappa shape index (κ3) is 5.25. The average Bonchev–Trinajstić information content (AvgIpc) is 3.10. The summed E-state index contributed by atoms with van der Waals surface area (Å²) in [7, 11) is 0. The second-order valence-corrected chi connectivity index (χ2v) is 6.81. The molecule has 3 rings (SSSR count). The lowest BCUT2D eigenvalue weighted by Crippen LogP contribution is -2.16. The van der Waals surface area contributed by atoms with Crippen LogP contribution in [-0.4, -0.2) is 25.0 Å². The molecule has 162 valence electrons. The number of furan rings is 1. The normalized spacial score (nSPS) is 10.5. The Balaban J connectivity index is 1.94. The Morgan fingerprint density at radius 3 is 1.87 bits per heavy atom. The molecule has 0 bridgehead atoms. The number of aryl methyl sites for hydroxylation is 2. The van der Waals surface area contributed by atoms with Crippen molar-refractivity contribution in [2.45, 2.75) is 27.7 Å². The minimum absolute atomic E-state index is 0.273. The molecule has 2 aromatic carbocycles. The van der Waals surface area contributed by atoms with Gasteiger partial charge in [-0.2, -0.15) is 0 Å². The van der Waals surface area contributed by atoms with Gasteiger partial charge in [0.15, 0.2) is 0 Å². The van der Waals surface area contributed by atoms with E-state index in [9.17, 15) is 9.59 Å². The molecule has 0 fully saturated rings. The first-order chi connectivity index (χ1) is 14.9. The molecule has 0 aliphatic heterocycles. The molecule has 0 saturated carbocycles. The Morgan fingerprint density at radius 1 is 0.839 bits per heavy atom. The maximum atomic E-state index is 12.8. The number of amides is 2. The average molecular weight is 422 g/mol. The monoisotopic (exact) mass is 422 g/mol. The van der Waals surface area contributed by atoms with Gasteiger partial charge in [0.2, 0.25) is 0 Å². The van der Waals surface area contributed by atoms with Gasteiger partial charge in [-0.3, -0.25) is 9.59 Å². The number of anilines is 2. The molecular formula is C24H26N2O5. The molecule has 3 aromatic rings. The van der Waals surface area contributed by atoms with Crippen molar-refractivity contribution in [2.24, 2.45) is 0 Å². The Hall–Kier alpha value is -3.74. The minimum Gasteiger partial charge on any atom is -0.492 e. The molecule has 0 unspecified atom stereocenters. The van der Waals surface area contributed by atoms with Crippen molar-refractivity contribution in [1.82, 2.24) is 0 Å². The molecule has 7 nitrogen and oxygen atoms in total. The first-order valence-electron chi connectivity index (χ1n) is 10.1. The number of nitrogens with one attached hydrogen (secondary N) is 2. The number of benzene rings is 2. The number of carbonyl (C=O) groups excluding carboxylic acids is 2. The topological polar surface area (TPSA) is 89.8 Å². The fraction of sp³-hybridized carbons (Fsp3) is 0.250. The lowest BCUT2D eigenvalue weighted by atomic mass is 10.1. The first kappa shape index (κ1) is 22.0. The van der Waals surface area contributed by atoms with Crippen molar-refractivity contribution in [3.63, 3.8) is 0 Å². The Kier molecular flexibility index (Phi) is 6.97. The Labute approximate surface area is 181 Å². The molecule has 1 heterocycles. The smallest absolute Gasteiger partial charge is 0.259 e. The Bertz CT molecular complexity index is 1070. The summed E-state index contributed by atoms with van der Waals surface area (Å²) in [6.45, 7) is 7.97. The van der Waals surface area contributed by atoms with Crippen LogP contribution in [0.5, 0.6) is 11.5 Å². The highest BCUT2D eigenvalue weighted by Crippen LogP contribution is 2.37. The van der Waals surface area contributed by atoms with Gasteiger partial charge in [0.25, 0.3) is 11.8 Å². The molecule has 31 heavy (non-hydrogen) atoms. The highest BCUT2D eigenvalue weighted by atomic mass is 16.5. The van der Waals surface area contributed by atoms with E-state index < -0.39 is 0 Å². The van der Waals surface area contributed by atoms with Crippen LogP contribution in [0.3, 0.4) is 0 Å². The molecule has 0 spiro atoms. The largest absolute Gasteiger partial charge is 0.492 e. The number of hydrogen-bond acceptors (Lipinski definition) is 5. The van der Waals surface area contributed by atoms with Crippen molar-refractivity contribution in [3.05, 3.63) is 71.2 Å². The summed E-state index contributed by atoms with van der Waals surface area (Å²) in [6, 6.07) is 13.9. The van der Waals surface area contributed by atoms with Gasteiger partial charge in [0.1, 0.15) is 23.0 Å². The van der Waals surface area contributed by atoms with E-state index in [0.717, 1.165) is 0 Å². The minimum atomic E-state index is -0.321. The van der Waals surface area contributed by atoms with Crippen molar-refractivity contribution in [1.29, 1.82) is 0 Å². The predicted octanol–water partition coefficient (Wildman–Crippen LogP) is 5.20. The number of hydrogen-bond donors (Lipinski definition) is 2. The molecule has 7 heteroatoms. The van der Waals surface area contributed by atoms with E-state index in [1.807, 2.05) is 19.9 Å². The quantitative estimate of drug-likeness (QED) is 0.521. The van der Waals surface area contributed by atoms with Crippen LogP contribution in [0.2, 0.25) is 0 Å². The van der Waals surface area contributed by atoms with Crippen molar-refractivity contribution in [2.75, 3.05) is 23.8 Å². The Morgan fingerprint density at radius 2 is 1.39 bits per heavy atom. The standard InChI is InChI=1S/C24H26N2O5/c1-5-29-21-14-20(26-24(28)18-12-15(3)31-16(18)4)22(30-6-2)13-19(21)25-23(27)17-10-8-7-9-11-17/h7-14H,5-6H2,1-4H3,(H,25,27)(H,26,28). The van der Waals surface area contributed by atoms with E-state index in [0.29, 0.717) is 58.7 Å². The number of rotatable bonds is 8. The fourth-order valence-electron chi connectivity index (χ4n) is 3.14. The molecule has 2 N–H and O–H groups in total. The lowest BCUT2D eigenvalue weighted by Gasteiger charge is -2.18. The first-order valence-corrected chi connectivity index (χ1v) is 10.1. The van der Waals surface area contributed by atoms with Gasteiger partial charge >= 0.3 is 0 Å². The van der Waals surface area contributed by atoms with E-state index in [2.05, 4.69) is 10.6 Å². The van der Waals surface area contributed by atoms with Gasteiger partial charge in [0.05, 0.1) is 30.2 Å². The summed E-state index contributed by atoms with van der Waals surface area (Å²) >= 11 is 0. The van der Waals surface area contributed by atoms with Crippen LogP contribution in [0.15, 0.2) is 52.9 Å². The molecule has 0 aliphatic carbocycles. The van der Waals surface area contributed by atoms with Crippen LogP contribution >= 0.6 is 0 Å². The predicted molar refractivity (Wildman–Crippen MR) is 119 cm³/mol. The zero-order valence-corrected chi connectivity index (χ0v) is 18.1. The highest BCUT2D eigenvalue weighted by Gasteiger charge is 2.19. The van der Waals surface area contributed by atoms with Gasteiger partial charge in [-0.05, 0) is 45.9 Å². The summed E-state index contributed by atoms with van der Waals surface area (Å²) in [5.74, 6) is 1.43. The van der Waals surface area contributed by atoms with Gasteiger partial charge < -0.3 is 24.5 Å². The van der Waals surface area contributed by atoms with E-state index in [1.54, 1.807) is 56.3 Å². The molecule has 2 amide bonds. The fourth-order valence-corrected chi connectivity index (χ4v) is 3.14.